The predicted molar refractivity (Wildman–Crippen MR) is 80.7 cm³/mol. The molecule has 1 heterocycles. The molecule has 2 rings (SSSR count). The van der Waals surface area contributed by atoms with Crippen LogP contribution in [-0.2, 0) is 19.6 Å². The van der Waals surface area contributed by atoms with Crippen LogP contribution in [0, 0.1) is 5.92 Å². The molecule has 140 valence electrons. The molecule has 2 fully saturated rings. The summed E-state index contributed by atoms with van der Waals surface area (Å²) >= 11 is 0. The molecule has 6 nitrogen and oxygen atoms in total. The van der Waals surface area contributed by atoms with Crippen molar-refractivity contribution in [1.29, 1.82) is 0 Å². The predicted octanol–water partition coefficient (Wildman–Crippen LogP) is 1.27. The normalized spacial score (nSPS) is 27.3. The van der Waals surface area contributed by atoms with Gasteiger partial charge in [-0.25, -0.2) is 8.42 Å². The van der Waals surface area contributed by atoms with Crippen molar-refractivity contribution in [3.8, 4) is 0 Å². The largest absolute Gasteiger partial charge is 0.415 e. The van der Waals surface area contributed by atoms with E-state index in [1.54, 1.807) is 0 Å². The van der Waals surface area contributed by atoms with Crippen LogP contribution in [0.1, 0.15) is 32.1 Å². The number of hydrogen-bond acceptors (Lipinski definition) is 4. The van der Waals surface area contributed by atoms with Gasteiger partial charge in [-0.3, -0.25) is 4.79 Å². The van der Waals surface area contributed by atoms with Gasteiger partial charge in [-0.1, -0.05) is 12.8 Å². The Kier molecular flexibility index (Phi) is 6.49. The third-order valence-corrected chi connectivity index (χ3v) is 6.47. The van der Waals surface area contributed by atoms with E-state index >= 15 is 0 Å². The van der Waals surface area contributed by atoms with Gasteiger partial charge in [0.2, 0.25) is 16.4 Å². The van der Waals surface area contributed by atoms with Crippen LogP contribution < -0.4 is 5.32 Å². The van der Waals surface area contributed by atoms with Crippen molar-refractivity contribution in [3.05, 3.63) is 0 Å². The summed E-state index contributed by atoms with van der Waals surface area (Å²) in [6.07, 6.45) is -3.37. The molecule has 2 atom stereocenters. The van der Waals surface area contributed by atoms with Gasteiger partial charge in [0.15, 0.2) is 6.10 Å². The molecule has 24 heavy (non-hydrogen) atoms. The van der Waals surface area contributed by atoms with Crippen molar-refractivity contribution in [1.82, 2.24) is 9.62 Å². The summed E-state index contributed by atoms with van der Waals surface area (Å²) in [7, 11) is -3.82. The Morgan fingerprint density at radius 2 is 1.88 bits per heavy atom. The zero-order valence-electron chi connectivity index (χ0n) is 13.3. The van der Waals surface area contributed by atoms with Crippen LogP contribution >= 0.6 is 0 Å². The highest BCUT2D eigenvalue weighted by molar-refractivity contribution is 7.89. The van der Waals surface area contributed by atoms with Crippen LogP contribution in [0.4, 0.5) is 13.2 Å². The number of halogens is 3. The fourth-order valence-electron chi connectivity index (χ4n) is 3.30. The monoisotopic (exact) mass is 372 g/mol. The van der Waals surface area contributed by atoms with Gasteiger partial charge in [-0.15, -0.1) is 0 Å². The van der Waals surface area contributed by atoms with Crippen molar-refractivity contribution in [2.75, 3.05) is 25.4 Å². The van der Waals surface area contributed by atoms with Crippen LogP contribution in [-0.4, -0.2) is 62.9 Å². The lowest BCUT2D eigenvalue weighted by Crippen LogP contribution is -2.56. The first-order valence-electron chi connectivity index (χ1n) is 8.11. The molecule has 1 amide bonds. The minimum atomic E-state index is -4.59. The lowest BCUT2D eigenvalue weighted by Gasteiger charge is -2.40. The molecule has 1 N–H and O–H groups in total. The number of nitrogens with zero attached hydrogens (tertiary/aromatic N) is 1. The lowest BCUT2D eigenvalue weighted by molar-refractivity contribution is -0.253. The molecule has 1 aliphatic carbocycles. The number of ether oxygens (including phenoxy) is 1. The van der Waals surface area contributed by atoms with Crippen molar-refractivity contribution < 1.29 is 31.1 Å². The first-order chi connectivity index (χ1) is 11.2. The Morgan fingerprint density at radius 1 is 1.21 bits per heavy atom. The summed E-state index contributed by atoms with van der Waals surface area (Å²) in [4.78, 5) is 10.2. The standard InChI is InChI=1S/C14H23F3N2O4S/c15-14(16,17)13-9-19(24(21,22)7-3-6-18-10-20)8-12(23-13)11-4-1-2-5-11/h10-13H,1-9H2,(H,18,20). The fourth-order valence-corrected chi connectivity index (χ4v) is 4.80. The van der Waals surface area contributed by atoms with Crippen LogP contribution in [0.5, 0.6) is 0 Å². The Morgan fingerprint density at radius 3 is 2.46 bits per heavy atom. The van der Waals surface area contributed by atoms with E-state index in [0.29, 0.717) is 6.41 Å². The topological polar surface area (TPSA) is 75.7 Å². The van der Waals surface area contributed by atoms with Crippen molar-refractivity contribution in [2.24, 2.45) is 5.92 Å². The summed E-state index contributed by atoms with van der Waals surface area (Å²) in [5, 5.41) is 2.34. The molecule has 1 aliphatic heterocycles. The Bertz CT molecular complexity index is 521. The van der Waals surface area contributed by atoms with E-state index in [-0.39, 0.29) is 31.2 Å². The van der Waals surface area contributed by atoms with E-state index in [2.05, 4.69) is 5.32 Å². The maximum absolute atomic E-state index is 13.1. The molecule has 0 aromatic rings. The van der Waals surface area contributed by atoms with Gasteiger partial charge in [-0.2, -0.15) is 17.5 Å². The van der Waals surface area contributed by atoms with Crippen LogP contribution in [0.25, 0.3) is 0 Å². The second-order valence-corrected chi connectivity index (χ2v) is 8.40. The number of carbonyl (C=O) groups is 1. The number of amides is 1. The molecule has 0 aromatic heterocycles. The molecular weight excluding hydrogens is 349 g/mol. The maximum atomic E-state index is 13.1. The summed E-state index contributed by atoms with van der Waals surface area (Å²) in [5.74, 6) is -0.319. The fraction of sp³-hybridized carbons (Fsp3) is 0.929. The molecule has 0 spiro atoms. The zero-order valence-corrected chi connectivity index (χ0v) is 14.1. The smallest absolute Gasteiger partial charge is 0.362 e. The summed E-state index contributed by atoms with van der Waals surface area (Å²) in [5.41, 5.74) is 0. The van der Waals surface area contributed by atoms with Crippen LogP contribution in [0.3, 0.4) is 0 Å². The van der Waals surface area contributed by atoms with Gasteiger partial charge in [0.25, 0.3) is 0 Å². The molecule has 0 bridgehead atoms. The highest BCUT2D eigenvalue weighted by Crippen LogP contribution is 2.36. The van der Waals surface area contributed by atoms with Gasteiger partial charge in [-0.05, 0) is 25.2 Å². The van der Waals surface area contributed by atoms with E-state index in [9.17, 15) is 26.4 Å². The van der Waals surface area contributed by atoms with Gasteiger partial charge >= 0.3 is 6.18 Å². The maximum Gasteiger partial charge on any atom is 0.415 e. The van der Waals surface area contributed by atoms with Gasteiger partial charge < -0.3 is 10.1 Å². The highest BCUT2D eigenvalue weighted by Gasteiger charge is 2.49. The summed E-state index contributed by atoms with van der Waals surface area (Å²) in [6, 6.07) is 0. The van der Waals surface area contributed by atoms with Crippen molar-refractivity contribution in [2.45, 2.75) is 50.5 Å². The van der Waals surface area contributed by atoms with Gasteiger partial charge in [0, 0.05) is 19.6 Å². The number of carbonyl (C=O) groups excluding carboxylic acids is 1. The quantitative estimate of drug-likeness (QED) is 0.540. The Hall–Kier alpha value is -0.870. The second-order valence-electron chi connectivity index (χ2n) is 6.31. The third-order valence-electron chi connectivity index (χ3n) is 4.58. The first kappa shape index (κ1) is 19.5. The Labute approximate surface area is 139 Å². The average Bonchev–Trinajstić information content (AvgIpc) is 3.05. The number of hydrogen-bond donors (Lipinski definition) is 1. The van der Waals surface area contributed by atoms with E-state index in [1.165, 1.54) is 0 Å². The molecule has 0 radical (unpaired) electrons. The number of nitrogens with one attached hydrogen (secondary N) is 1. The SMILES string of the molecule is O=CNCCCS(=O)(=O)N1CC(C2CCCC2)OC(C(F)(F)F)C1. The highest BCUT2D eigenvalue weighted by atomic mass is 32.2. The van der Waals surface area contributed by atoms with Gasteiger partial charge in [0.1, 0.15) is 0 Å². The molecule has 10 heteroatoms. The zero-order chi connectivity index (χ0) is 17.8. The average molecular weight is 372 g/mol. The van der Waals surface area contributed by atoms with Gasteiger partial charge in [0.05, 0.1) is 11.9 Å². The van der Waals surface area contributed by atoms with Crippen molar-refractivity contribution >= 4 is 16.4 Å². The third kappa shape index (κ3) is 5.06. The minimum absolute atomic E-state index is 0.0235. The number of morpholine rings is 1. The molecule has 2 aliphatic rings. The summed E-state index contributed by atoms with van der Waals surface area (Å²) in [6.45, 7) is -0.557. The van der Waals surface area contributed by atoms with Crippen LogP contribution in [0.15, 0.2) is 0 Å². The lowest BCUT2D eigenvalue weighted by atomic mass is 9.99. The van der Waals surface area contributed by atoms with Crippen molar-refractivity contribution in [3.63, 3.8) is 0 Å². The second kappa shape index (κ2) is 8.01. The van der Waals surface area contributed by atoms with E-state index in [0.717, 1.165) is 30.0 Å². The molecule has 1 saturated carbocycles. The Balaban J connectivity index is 2.07. The van der Waals surface area contributed by atoms with Crippen LogP contribution in [0.2, 0.25) is 0 Å². The van der Waals surface area contributed by atoms with E-state index in [1.807, 2.05) is 0 Å². The summed E-state index contributed by atoms with van der Waals surface area (Å²) < 4.78 is 70.2. The number of alkyl halides is 3. The van der Waals surface area contributed by atoms with E-state index in [4.69, 9.17) is 4.74 Å². The molecule has 1 saturated heterocycles. The molecule has 0 aromatic carbocycles. The molecular formula is C14H23F3N2O4S. The molecule has 2 unspecified atom stereocenters. The number of rotatable bonds is 7. The number of sulfonamides is 1. The first-order valence-corrected chi connectivity index (χ1v) is 9.72. The van der Waals surface area contributed by atoms with E-state index < -0.39 is 35.0 Å². The minimum Gasteiger partial charge on any atom is -0.362 e.